The molecule has 2 N–H and O–H groups in total. The number of nitrogens with one attached hydrogen (secondary N) is 2. The first kappa shape index (κ1) is 14.2. The van der Waals surface area contributed by atoms with Crippen molar-refractivity contribution in [2.24, 2.45) is 0 Å². The van der Waals surface area contributed by atoms with E-state index < -0.39 is 29.1 Å². The maximum Gasteiger partial charge on any atom is 0.258 e. The number of hydrogen-bond acceptors (Lipinski definition) is 3. The summed E-state index contributed by atoms with van der Waals surface area (Å²) >= 11 is 0. The summed E-state index contributed by atoms with van der Waals surface area (Å²) < 4.78 is 31.8. The number of hydrogen-bond donors (Lipinski definition) is 2. The summed E-state index contributed by atoms with van der Waals surface area (Å²) in [6, 6.07) is 1.29. The molecular weight excluding hydrogens is 270 g/mol. The Morgan fingerprint density at radius 1 is 1.45 bits per heavy atom. The average Bonchev–Trinajstić information content (AvgIpc) is 2.44. The van der Waals surface area contributed by atoms with Crippen molar-refractivity contribution >= 4 is 11.8 Å². The molecule has 1 aromatic carbocycles. The molecule has 7 heteroatoms. The van der Waals surface area contributed by atoms with Gasteiger partial charge in [-0.15, -0.1) is 0 Å². The van der Waals surface area contributed by atoms with Gasteiger partial charge in [0.2, 0.25) is 5.91 Å². The van der Waals surface area contributed by atoms with Gasteiger partial charge in [-0.3, -0.25) is 9.59 Å². The Labute approximate surface area is 114 Å². The number of carbonyl (C=O) groups excluding carboxylic acids is 2. The van der Waals surface area contributed by atoms with Crippen molar-refractivity contribution in [1.29, 1.82) is 0 Å². The molecule has 0 unspecified atom stereocenters. The van der Waals surface area contributed by atoms with Gasteiger partial charge in [0, 0.05) is 6.54 Å². The van der Waals surface area contributed by atoms with E-state index in [1.165, 1.54) is 7.11 Å². The van der Waals surface area contributed by atoms with Gasteiger partial charge in [-0.2, -0.15) is 0 Å². The SMILES string of the molecule is COc1ccc(F)c(F)c1C(=O)N[C@@H]1CCCNC1=O. The van der Waals surface area contributed by atoms with Crippen molar-refractivity contribution in [3.8, 4) is 5.75 Å². The fourth-order valence-electron chi connectivity index (χ4n) is 2.05. The molecule has 0 bridgehead atoms. The summed E-state index contributed by atoms with van der Waals surface area (Å²) in [5.74, 6) is -3.74. The van der Waals surface area contributed by atoms with E-state index in [9.17, 15) is 18.4 Å². The molecule has 0 aliphatic carbocycles. The molecule has 1 aliphatic heterocycles. The van der Waals surface area contributed by atoms with Crippen LogP contribution >= 0.6 is 0 Å². The van der Waals surface area contributed by atoms with E-state index in [0.717, 1.165) is 12.1 Å². The predicted molar refractivity (Wildman–Crippen MR) is 66.4 cm³/mol. The van der Waals surface area contributed by atoms with Crippen LogP contribution in [0.2, 0.25) is 0 Å². The van der Waals surface area contributed by atoms with Crippen molar-refractivity contribution in [3.05, 3.63) is 29.3 Å². The molecule has 20 heavy (non-hydrogen) atoms. The number of benzene rings is 1. The summed E-state index contributed by atoms with van der Waals surface area (Å²) in [6.45, 7) is 0.544. The predicted octanol–water partition coefficient (Wildman–Crippen LogP) is 0.982. The van der Waals surface area contributed by atoms with E-state index >= 15 is 0 Å². The van der Waals surface area contributed by atoms with Gasteiger partial charge < -0.3 is 15.4 Å². The minimum atomic E-state index is -1.29. The van der Waals surface area contributed by atoms with Crippen molar-refractivity contribution < 1.29 is 23.1 Å². The van der Waals surface area contributed by atoms with Crippen LogP contribution < -0.4 is 15.4 Å². The molecular formula is C13H14F2N2O3. The Bertz CT molecular complexity index is 549. The molecule has 108 valence electrons. The number of rotatable bonds is 3. The fraction of sp³-hybridized carbons (Fsp3) is 0.385. The first-order valence-corrected chi connectivity index (χ1v) is 6.15. The quantitative estimate of drug-likeness (QED) is 0.869. The van der Waals surface area contributed by atoms with Crippen molar-refractivity contribution in [2.45, 2.75) is 18.9 Å². The zero-order valence-electron chi connectivity index (χ0n) is 10.8. The van der Waals surface area contributed by atoms with E-state index in [4.69, 9.17) is 4.74 Å². The van der Waals surface area contributed by atoms with Gasteiger partial charge in [-0.25, -0.2) is 8.78 Å². The topological polar surface area (TPSA) is 67.4 Å². The second-order valence-corrected chi connectivity index (χ2v) is 4.40. The van der Waals surface area contributed by atoms with E-state index in [-0.39, 0.29) is 11.7 Å². The molecule has 1 aliphatic rings. The third kappa shape index (κ3) is 2.71. The molecule has 5 nitrogen and oxygen atoms in total. The Hall–Kier alpha value is -2.18. The molecule has 2 rings (SSSR count). The molecule has 1 heterocycles. The highest BCUT2D eigenvalue weighted by Crippen LogP contribution is 2.23. The second kappa shape index (κ2) is 5.85. The van der Waals surface area contributed by atoms with Crippen LogP contribution in [0.25, 0.3) is 0 Å². The van der Waals surface area contributed by atoms with Crippen LogP contribution in [0.3, 0.4) is 0 Å². The minimum Gasteiger partial charge on any atom is -0.496 e. The maximum atomic E-state index is 13.7. The Morgan fingerprint density at radius 3 is 2.85 bits per heavy atom. The molecule has 1 fully saturated rings. The third-order valence-corrected chi connectivity index (χ3v) is 3.09. The lowest BCUT2D eigenvalue weighted by atomic mass is 10.1. The Balaban J connectivity index is 2.24. The van der Waals surface area contributed by atoms with Crippen LogP contribution in [-0.2, 0) is 4.79 Å². The molecule has 0 radical (unpaired) electrons. The smallest absolute Gasteiger partial charge is 0.258 e. The largest absolute Gasteiger partial charge is 0.496 e. The Kier molecular flexibility index (Phi) is 4.16. The maximum absolute atomic E-state index is 13.7. The highest BCUT2D eigenvalue weighted by molar-refractivity contribution is 6.00. The lowest BCUT2D eigenvalue weighted by Crippen LogP contribution is -2.50. The van der Waals surface area contributed by atoms with Crippen LogP contribution in [0, 0.1) is 11.6 Å². The molecule has 1 atom stereocenters. The molecule has 0 aromatic heterocycles. The highest BCUT2D eigenvalue weighted by atomic mass is 19.2. The van der Waals surface area contributed by atoms with E-state index in [2.05, 4.69) is 10.6 Å². The number of amides is 2. The fourth-order valence-corrected chi connectivity index (χ4v) is 2.05. The molecule has 0 spiro atoms. The average molecular weight is 284 g/mol. The van der Waals surface area contributed by atoms with Gasteiger partial charge >= 0.3 is 0 Å². The summed E-state index contributed by atoms with van der Waals surface area (Å²) in [6.07, 6.45) is 1.16. The van der Waals surface area contributed by atoms with Gasteiger partial charge in [0.05, 0.1) is 7.11 Å². The van der Waals surface area contributed by atoms with Crippen molar-refractivity contribution in [1.82, 2.24) is 10.6 Å². The molecule has 2 amide bonds. The van der Waals surface area contributed by atoms with Crippen LogP contribution in [-0.4, -0.2) is 31.5 Å². The van der Waals surface area contributed by atoms with Crippen LogP contribution in [0.1, 0.15) is 23.2 Å². The summed E-state index contributed by atoms with van der Waals surface area (Å²) in [5, 5.41) is 4.98. The number of piperidine rings is 1. The highest BCUT2D eigenvalue weighted by Gasteiger charge is 2.27. The molecule has 1 aromatic rings. The van der Waals surface area contributed by atoms with Gasteiger partial charge in [0.25, 0.3) is 5.91 Å². The summed E-state index contributed by atoms with van der Waals surface area (Å²) in [4.78, 5) is 23.6. The van der Waals surface area contributed by atoms with Gasteiger partial charge in [-0.05, 0) is 25.0 Å². The lowest BCUT2D eigenvalue weighted by molar-refractivity contribution is -0.124. The second-order valence-electron chi connectivity index (χ2n) is 4.40. The van der Waals surface area contributed by atoms with Crippen molar-refractivity contribution in [3.63, 3.8) is 0 Å². The van der Waals surface area contributed by atoms with E-state index in [1.807, 2.05) is 0 Å². The van der Waals surface area contributed by atoms with E-state index in [1.54, 1.807) is 0 Å². The number of ether oxygens (including phenoxy) is 1. The molecule has 1 saturated heterocycles. The Morgan fingerprint density at radius 2 is 2.20 bits per heavy atom. The lowest BCUT2D eigenvalue weighted by Gasteiger charge is -2.23. The van der Waals surface area contributed by atoms with Gasteiger partial charge in [0.15, 0.2) is 11.6 Å². The standard InChI is InChI=1S/C13H14F2N2O3/c1-20-9-5-4-7(14)11(15)10(9)13(19)17-8-3-2-6-16-12(8)18/h4-5,8H,2-3,6H2,1H3,(H,16,18)(H,17,19)/t8-/m1/s1. The number of carbonyl (C=O) groups is 2. The monoisotopic (exact) mass is 284 g/mol. The number of methoxy groups -OCH3 is 1. The normalized spacial score (nSPS) is 18.4. The van der Waals surface area contributed by atoms with Gasteiger partial charge in [0.1, 0.15) is 17.4 Å². The number of halogens is 2. The van der Waals surface area contributed by atoms with Crippen LogP contribution in [0.15, 0.2) is 12.1 Å². The summed E-state index contributed by atoms with van der Waals surface area (Å²) in [5.41, 5.74) is -0.536. The zero-order valence-corrected chi connectivity index (χ0v) is 10.8. The van der Waals surface area contributed by atoms with E-state index in [0.29, 0.717) is 19.4 Å². The minimum absolute atomic E-state index is 0.0855. The zero-order chi connectivity index (χ0) is 14.7. The first-order valence-electron chi connectivity index (χ1n) is 6.15. The van der Waals surface area contributed by atoms with Crippen LogP contribution in [0.5, 0.6) is 5.75 Å². The van der Waals surface area contributed by atoms with Gasteiger partial charge in [-0.1, -0.05) is 0 Å². The first-order chi connectivity index (χ1) is 9.54. The molecule has 0 saturated carbocycles. The third-order valence-electron chi connectivity index (χ3n) is 3.09. The summed E-state index contributed by atoms with van der Waals surface area (Å²) in [7, 11) is 1.25. The van der Waals surface area contributed by atoms with Crippen LogP contribution in [0.4, 0.5) is 8.78 Å². The van der Waals surface area contributed by atoms with Crippen molar-refractivity contribution in [2.75, 3.05) is 13.7 Å².